The fourth-order valence-electron chi connectivity index (χ4n) is 2.30. The summed E-state index contributed by atoms with van der Waals surface area (Å²) in [5.41, 5.74) is 1.07. The van der Waals surface area contributed by atoms with E-state index in [1.54, 1.807) is 38.1 Å². The third-order valence-electron chi connectivity index (χ3n) is 3.44. The van der Waals surface area contributed by atoms with Gasteiger partial charge in [0, 0.05) is 23.6 Å². The summed E-state index contributed by atoms with van der Waals surface area (Å²) in [7, 11) is -3.71. The monoisotopic (exact) mass is 382 g/mol. The zero-order valence-corrected chi connectivity index (χ0v) is 15.1. The van der Waals surface area contributed by atoms with Crippen molar-refractivity contribution < 1.29 is 17.5 Å². The van der Waals surface area contributed by atoms with Crippen LogP contribution in [0.15, 0.2) is 38.2 Å². The molecule has 1 aromatic carbocycles. The summed E-state index contributed by atoms with van der Waals surface area (Å²) in [5, 5.41) is 8.14. The predicted molar refractivity (Wildman–Crippen MR) is 89.6 cm³/mol. The molecule has 0 bridgehead atoms. The van der Waals surface area contributed by atoms with E-state index in [1.165, 1.54) is 0 Å². The molecule has 2 aromatic heterocycles. The van der Waals surface area contributed by atoms with Crippen LogP contribution >= 0.6 is 11.6 Å². The van der Waals surface area contributed by atoms with Crippen molar-refractivity contribution in [2.24, 2.45) is 0 Å². The highest BCUT2D eigenvalue weighted by Gasteiger charge is 2.23. The van der Waals surface area contributed by atoms with Crippen LogP contribution in [0.4, 0.5) is 0 Å². The molecule has 132 valence electrons. The summed E-state index contributed by atoms with van der Waals surface area (Å²) in [6.07, 6.45) is 0.253. The van der Waals surface area contributed by atoms with E-state index in [9.17, 15) is 8.42 Å². The number of nitrogens with zero attached hydrogens (tertiary/aromatic N) is 3. The van der Waals surface area contributed by atoms with Crippen LogP contribution in [-0.2, 0) is 16.4 Å². The average Bonchev–Trinajstić information content (AvgIpc) is 3.15. The molecule has 2 heterocycles. The Bertz CT molecular complexity index is 960. The van der Waals surface area contributed by atoms with Crippen LogP contribution in [-0.4, -0.2) is 30.3 Å². The number of sulfonamides is 1. The second kappa shape index (κ2) is 6.95. The molecule has 0 saturated heterocycles. The number of rotatable bonds is 6. The third kappa shape index (κ3) is 3.89. The molecule has 0 atom stereocenters. The van der Waals surface area contributed by atoms with Crippen LogP contribution in [0.3, 0.4) is 0 Å². The van der Waals surface area contributed by atoms with E-state index in [2.05, 4.69) is 20.0 Å². The maximum Gasteiger partial charge on any atom is 0.245 e. The van der Waals surface area contributed by atoms with Crippen LogP contribution in [0.25, 0.3) is 11.4 Å². The number of hydrogen-bond donors (Lipinski definition) is 1. The lowest BCUT2D eigenvalue weighted by molar-refractivity contribution is 0.379. The number of benzene rings is 1. The van der Waals surface area contributed by atoms with Crippen LogP contribution in [0.2, 0.25) is 5.02 Å². The molecule has 0 aliphatic heterocycles. The normalized spacial score (nSPS) is 11.8. The van der Waals surface area contributed by atoms with Crippen molar-refractivity contribution in [2.45, 2.75) is 25.2 Å². The first-order valence-corrected chi connectivity index (χ1v) is 9.24. The van der Waals surface area contributed by atoms with Crippen molar-refractivity contribution in [3.05, 3.63) is 46.6 Å². The van der Waals surface area contributed by atoms with Crippen LogP contribution < -0.4 is 4.72 Å². The van der Waals surface area contributed by atoms with E-state index in [4.69, 9.17) is 20.6 Å². The Hall–Kier alpha value is -2.23. The number of hydrogen-bond acceptors (Lipinski definition) is 7. The van der Waals surface area contributed by atoms with Crippen molar-refractivity contribution in [1.29, 1.82) is 0 Å². The van der Waals surface area contributed by atoms with E-state index < -0.39 is 10.0 Å². The van der Waals surface area contributed by atoms with Crippen molar-refractivity contribution >= 4 is 21.6 Å². The zero-order valence-electron chi connectivity index (χ0n) is 13.5. The summed E-state index contributed by atoms with van der Waals surface area (Å²) in [5.74, 6) is 0.986. The predicted octanol–water partition coefficient (Wildman–Crippen LogP) is 2.52. The number of nitrogens with one attached hydrogen (secondary N) is 1. The molecule has 0 radical (unpaired) electrons. The topological polar surface area (TPSA) is 111 Å². The van der Waals surface area contributed by atoms with Gasteiger partial charge in [0.1, 0.15) is 10.6 Å². The summed E-state index contributed by atoms with van der Waals surface area (Å²) in [6.45, 7) is 3.22. The molecule has 10 heteroatoms. The maximum atomic E-state index is 12.3. The number of aryl methyl sites for hydroxylation is 2. The first-order valence-electron chi connectivity index (χ1n) is 7.38. The minimum Gasteiger partial charge on any atom is -0.360 e. The summed E-state index contributed by atoms with van der Waals surface area (Å²) < 4.78 is 37.1. The molecule has 0 amide bonds. The molecular formula is C15H15ClN4O4S. The van der Waals surface area contributed by atoms with Gasteiger partial charge in [0.2, 0.25) is 21.7 Å². The fourth-order valence-corrected chi connectivity index (χ4v) is 3.78. The van der Waals surface area contributed by atoms with Gasteiger partial charge in [-0.25, -0.2) is 13.1 Å². The molecular weight excluding hydrogens is 368 g/mol. The molecule has 0 aliphatic carbocycles. The van der Waals surface area contributed by atoms with Gasteiger partial charge >= 0.3 is 0 Å². The summed E-state index contributed by atoms with van der Waals surface area (Å²) >= 11 is 5.84. The lowest BCUT2D eigenvalue weighted by Gasteiger charge is -2.04. The number of aromatic nitrogens is 3. The minimum absolute atomic E-state index is 0.0554. The Kier molecular flexibility index (Phi) is 4.89. The van der Waals surface area contributed by atoms with Crippen LogP contribution in [0.1, 0.15) is 17.3 Å². The molecule has 3 rings (SSSR count). The quantitative estimate of drug-likeness (QED) is 0.697. The van der Waals surface area contributed by atoms with Gasteiger partial charge in [0.05, 0.1) is 0 Å². The number of halogens is 1. The van der Waals surface area contributed by atoms with Gasteiger partial charge < -0.3 is 9.05 Å². The Morgan fingerprint density at radius 3 is 2.48 bits per heavy atom. The molecule has 0 saturated carbocycles. The lowest BCUT2D eigenvalue weighted by Crippen LogP contribution is -2.26. The van der Waals surface area contributed by atoms with E-state index in [0.29, 0.717) is 22.4 Å². The van der Waals surface area contributed by atoms with Gasteiger partial charge in [0.15, 0.2) is 5.76 Å². The van der Waals surface area contributed by atoms with Gasteiger partial charge in [-0.05, 0) is 38.1 Å². The van der Waals surface area contributed by atoms with E-state index in [0.717, 1.165) is 5.56 Å². The van der Waals surface area contributed by atoms with Gasteiger partial charge in [0.25, 0.3) is 0 Å². The highest BCUT2D eigenvalue weighted by atomic mass is 35.5. The Labute approximate surface area is 149 Å². The van der Waals surface area contributed by atoms with E-state index in [1.807, 2.05) is 0 Å². The molecule has 8 nitrogen and oxygen atoms in total. The zero-order chi connectivity index (χ0) is 18.0. The summed E-state index contributed by atoms with van der Waals surface area (Å²) in [6, 6.07) is 7.00. The van der Waals surface area contributed by atoms with Crippen LogP contribution in [0.5, 0.6) is 0 Å². The third-order valence-corrected chi connectivity index (χ3v) is 5.39. The molecule has 25 heavy (non-hydrogen) atoms. The first kappa shape index (κ1) is 17.6. The smallest absolute Gasteiger partial charge is 0.245 e. The molecule has 0 aliphatic rings. The molecule has 1 N–H and O–H groups in total. The van der Waals surface area contributed by atoms with Crippen molar-refractivity contribution in [3.8, 4) is 11.4 Å². The first-order chi connectivity index (χ1) is 11.9. The van der Waals surface area contributed by atoms with E-state index >= 15 is 0 Å². The standard InChI is InChI=1S/C15H15ClN4O4S/c1-9-14(10(2)23-19-9)25(21,22)17-8-7-13-18-15(20-24-13)11-3-5-12(16)6-4-11/h3-6,17H,7-8H2,1-2H3. The van der Waals surface area contributed by atoms with Gasteiger partial charge in [-0.15, -0.1) is 0 Å². The van der Waals surface area contributed by atoms with Crippen molar-refractivity contribution in [2.75, 3.05) is 6.54 Å². The average molecular weight is 383 g/mol. The van der Waals surface area contributed by atoms with Crippen molar-refractivity contribution in [3.63, 3.8) is 0 Å². The Morgan fingerprint density at radius 2 is 1.84 bits per heavy atom. The second-order valence-corrected chi connectivity index (χ2v) is 7.46. The maximum absolute atomic E-state index is 12.3. The second-order valence-electron chi connectivity index (χ2n) is 5.32. The molecule has 0 spiro atoms. The van der Waals surface area contributed by atoms with Gasteiger partial charge in [-0.2, -0.15) is 4.98 Å². The molecule has 3 aromatic rings. The van der Waals surface area contributed by atoms with E-state index in [-0.39, 0.29) is 23.6 Å². The minimum atomic E-state index is -3.71. The molecule has 0 fully saturated rings. The SMILES string of the molecule is Cc1noc(C)c1S(=O)(=O)NCCc1nc(-c2ccc(Cl)cc2)no1. The van der Waals surface area contributed by atoms with Gasteiger partial charge in [-0.3, -0.25) is 0 Å². The highest BCUT2D eigenvalue weighted by Crippen LogP contribution is 2.20. The molecule has 0 unspecified atom stereocenters. The van der Waals surface area contributed by atoms with Crippen LogP contribution in [0, 0.1) is 13.8 Å². The highest BCUT2D eigenvalue weighted by molar-refractivity contribution is 7.89. The lowest BCUT2D eigenvalue weighted by atomic mass is 10.2. The van der Waals surface area contributed by atoms with Crippen molar-refractivity contribution in [1.82, 2.24) is 20.0 Å². The Balaban J connectivity index is 1.64. The summed E-state index contributed by atoms with van der Waals surface area (Å²) in [4.78, 5) is 4.30. The largest absolute Gasteiger partial charge is 0.360 e. The fraction of sp³-hybridized carbons (Fsp3) is 0.267. The van der Waals surface area contributed by atoms with Gasteiger partial charge in [-0.1, -0.05) is 21.9 Å². The Morgan fingerprint density at radius 1 is 1.12 bits per heavy atom.